The van der Waals surface area contributed by atoms with Crippen LogP contribution in [-0.2, 0) is 28.6 Å². The second-order valence-electron chi connectivity index (χ2n) is 18.1. The molecule has 1 atom stereocenters. The van der Waals surface area contributed by atoms with Crippen LogP contribution in [0.15, 0.2) is 24.3 Å². The van der Waals surface area contributed by atoms with Gasteiger partial charge in [-0.3, -0.25) is 14.4 Å². The summed E-state index contributed by atoms with van der Waals surface area (Å²) in [6.07, 6.45) is 57.5. The number of ether oxygens (including phenoxy) is 3. The Bertz CT molecular complexity index is 989. The first-order valence-electron chi connectivity index (χ1n) is 26.8. The Morgan fingerprint density at radius 3 is 0.934 bits per heavy atom. The van der Waals surface area contributed by atoms with Crippen LogP contribution in [0.2, 0.25) is 0 Å². The number of unbranched alkanes of at least 4 members (excludes halogenated alkanes) is 34. The normalized spacial score (nSPS) is 12.1. The lowest BCUT2D eigenvalue weighted by Crippen LogP contribution is -2.30. The summed E-state index contributed by atoms with van der Waals surface area (Å²) in [6.45, 7) is 6.55. The molecule has 1 unspecified atom stereocenters. The Balaban J connectivity index is 4.17. The summed E-state index contributed by atoms with van der Waals surface area (Å²) < 4.78 is 16.8. The van der Waals surface area contributed by atoms with Crippen molar-refractivity contribution in [3.05, 3.63) is 24.3 Å². The minimum Gasteiger partial charge on any atom is -0.462 e. The zero-order chi connectivity index (χ0) is 44.4. The summed E-state index contributed by atoms with van der Waals surface area (Å²) >= 11 is 0. The molecule has 0 spiro atoms. The number of esters is 3. The van der Waals surface area contributed by atoms with E-state index in [0.717, 1.165) is 83.5 Å². The summed E-state index contributed by atoms with van der Waals surface area (Å²) in [6, 6.07) is 0. The number of allylic oxidation sites excluding steroid dienone is 4. The van der Waals surface area contributed by atoms with Gasteiger partial charge in [0, 0.05) is 19.3 Å². The van der Waals surface area contributed by atoms with Crippen LogP contribution in [0.1, 0.15) is 290 Å². The second kappa shape index (κ2) is 50.5. The van der Waals surface area contributed by atoms with Crippen molar-refractivity contribution in [3.8, 4) is 0 Å². The third-order valence-corrected chi connectivity index (χ3v) is 11.9. The van der Waals surface area contributed by atoms with E-state index < -0.39 is 6.10 Å². The van der Waals surface area contributed by atoms with Crippen molar-refractivity contribution >= 4 is 17.9 Å². The Morgan fingerprint density at radius 2 is 0.590 bits per heavy atom. The molecule has 0 bridgehead atoms. The molecule has 0 radical (unpaired) electrons. The Labute approximate surface area is 379 Å². The number of carbonyl (C=O) groups is 3. The lowest BCUT2D eigenvalue weighted by Gasteiger charge is -2.18. The highest BCUT2D eigenvalue weighted by Gasteiger charge is 2.19. The number of rotatable bonds is 49. The van der Waals surface area contributed by atoms with E-state index in [1.54, 1.807) is 0 Å². The van der Waals surface area contributed by atoms with E-state index >= 15 is 0 Å². The van der Waals surface area contributed by atoms with E-state index in [1.165, 1.54) is 167 Å². The van der Waals surface area contributed by atoms with Gasteiger partial charge in [0.1, 0.15) is 13.2 Å². The molecule has 61 heavy (non-hydrogen) atoms. The molecule has 0 amide bonds. The highest BCUT2D eigenvalue weighted by molar-refractivity contribution is 5.71. The smallest absolute Gasteiger partial charge is 0.306 e. The van der Waals surface area contributed by atoms with Crippen LogP contribution in [-0.4, -0.2) is 37.2 Å². The van der Waals surface area contributed by atoms with Crippen LogP contribution in [0, 0.1) is 0 Å². The molecule has 0 saturated heterocycles. The number of hydrogen-bond acceptors (Lipinski definition) is 6. The largest absolute Gasteiger partial charge is 0.462 e. The van der Waals surface area contributed by atoms with E-state index in [0.29, 0.717) is 19.3 Å². The van der Waals surface area contributed by atoms with Crippen LogP contribution in [0.3, 0.4) is 0 Å². The van der Waals surface area contributed by atoms with Crippen LogP contribution >= 0.6 is 0 Å². The van der Waals surface area contributed by atoms with E-state index in [9.17, 15) is 14.4 Å². The predicted molar refractivity (Wildman–Crippen MR) is 261 cm³/mol. The first kappa shape index (κ1) is 58.9. The van der Waals surface area contributed by atoms with Crippen molar-refractivity contribution in [1.82, 2.24) is 0 Å². The van der Waals surface area contributed by atoms with Crippen molar-refractivity contribution in [2.75, 3.05) is 13.2 Å². The van der Waals surface area contributed by atoms with Crippen molar-refractivity contribution in [1.29, 1.82) is 0 Å². The van der Waals surface area contributed by atoms with Gasteiger partial charge in [0.2, 0.25) is 0 Å². The van der Waals surface area contributed by atoms with Crippen molar-refractivity contribution < 1.29 is 28.6 Å². The molecule has 0 aromatic carbocycles. The van der Waals surface area contributed by atoms with E-state index in [2.05, 4.69) is 45.1 Å². The summed E-state index contributed by atoms with van der Waals surface area (Å²) in [7, 11) is 0. The zero-order valence-corrected chi connectivity index (χ0v) is 40.9. The van der Waals surface area contributed by atoms with Gasteiger partial charge in [-0.2, -0.15) is 0 Å². The molecule has 0 N–H and O–H groups in total. The monoisotopic (exact) mass is 859 g/mol. The molecule has 6 heteroatoms. The fraction of sp³-hybridized carbons (Fsp3) is 0.873. The summed E-state index contributed by atoms with van der Waals surface area (Å²) in [5, 5.41) is 0. The molecule has 6 nitrogen and oxygen atoms in total. The summed E-state index contributed by atoms with van der Waals surface area (Å²) in [5.41, 5.74) is 0. The SMILES string of the molecule is CCC/C=C\CCCCCCCC(=O)OCC(COC(=O)CCCCCCCCCCCCCCCCCCCCCCCC)OC(=O)CCCCCCC/C=C\CCCC. The van der Waals surface area contributed by atoms with Crippen LogP contribution in [0.25, 0.3) is 0 Å². The third-order valence-electron chi connectivity index (χ3n) is 11.9. The maximum atomic E-state index is 12.7. The molecular formula is C55H102O6. The summed E-state index contributed by atoms with van der Waals surface area (Å²) in [5.74, 6) is -0.883. The number of hydrogen-bond donors (Lipinski definition) is 0. The average molecular weight is 859 g/mol. The van der Waals surface area contributed by atoms with E-state index in [4.69, 9.17) is 14.2 Å². The molecule has 0 aromatic heterocycles. The Hall–Kier alpha value is -2.11. The van der Waals surface area contributed by atoms with Gasteiger partial charge in [0.25, 0.3) is 0 Å². The minimum atomic E-state index is -0.773. The van der Waals surface area contributed by atoms with Crippen LogP contribution in [0.4, 0.5) is 0 Å². The maximum Gasteiger partial charge on any atom is 0.306 e. The molecule has 358 valence electrons. The minimum absolute atomic E-state index is 0.0738. The maximum absolute atomic E-state index is 12.7. The first-order chi connectivity index (χ1) is 30.0. The van der Waals surface area contributed by atoms with Gasteiger partial charge in [0.05, 0.1) is 0 Å². The fourth-order valence-corrected chi connectivity index (χ4v) is 7.84. The molecule has 0 heterocycles. The fourth-order valence-electron chi connectivity index (χ4n) is 7.84. The van der Waals surface area contributed by atoms with Crippen LogP contribution in [0.5, 0.6) is 0 Å². The standard InChI is InChI=1S/C55H102O6/c1-4-7-10-13-16-19-22-23-24-25-26-27-28-29-30-31-32-34-36-39-42-45-48-54(57)60-51-52(50-59-53(56)47-44-41-38-35-21-18-15-12-9-6-3)61-55(58)49-46-43-40-37-33-20-17-14-11-8-5-2/h12,14-15,17,52H,4-11,13,16,18-51H2,1-3H3/b15-12-,17-14-. The van der Waals surface area contributed by atoms with Gasteiger partial charge in [0.15, 0.2) is 6.10 Å². The molecule has 0 saturated carbocycles. The summed E-state index contributed by atoms with van der Waals surface area (Å²) in [4.78, 5) is 37.9. The van der Waals surface area contributed by atoms with Gasteiger partial charge in [-0.15, -0.1) is 0 Å². The third kappa shape index (κ3) is 48.8. The van der Waals surface area contributed by atoms with Gasteiger partial charge < -0.3 is 14.2 Å². The second-order valence-corrected chi connectivity index (χ2v) is 18.1. The quantitative estimate of drug-likeness (QED) is 0.0262. The highest BCUT2D eigenvalue weighted by atomic mass is 16.6. The predicted octanol–water partition coefficient (Wildman–Crippen LogP) is 17.5. The van der Waals surface area contributed by atoms with Gasteiger partial charge in [-0.05, 0) is 57.8 Å². The lowest BCUT2D eigenvalue weighted by molar-refractivity contribution is -0.167. The molecule has 0 aliphatic rings. The van der Waals surface area contributed by atoms with Crippen LogP contribution < -0.4 is 0 Å². The average Bonchev–Trinajstić information content (AvgIpc) is 3.26. The molecule has 0 aliphatic heterocycles. The molecular weight excluding hydrogens is 757 g/mol. The van der Waals surface area contributed by atoms with Gasteiger partial charge in [-0.1, -0.05) is 238 Å². The van der Waals surface area contributed by atoms with E-state index in [-0.39, 0.29) is 31.1 Å². The number of carbonyl (C=O) groups excluding carboxylic acids is 3. The molecule has 0 aromatic rings. The topological polar surface area (TPSA) is 78.9 Å². The van der Waals surface area contributed by atoms with Crippen molar-refractivity contribution in [2.24, 2.45) is 0 Å². The first-order valence-corrected chi connectivity index (χ1v) is 26.8. The van der Waals surface area contributed by atoms with Gasteiger partial charge >= 0.3 is 17.9 Å². The Morgan fingerprint density at radius 1 is 0.311 bits per heavy atom. The molecule has 0 aliphatic carbocycles. The zero-order valence-electron chi connectivity index (χ0n) is 40.9. The lowest BCUT2D eigenvalue weighted by atomic mass is 10.0. The van der Waals surface area contributed by atoms with Gasteiger partial charge in [-0.25, -0.2) is 0 Å². The van der Waals surface area contributed by atoms with Crippen molar-refractivity contribution in [2.45, 2.75) is 297 Å². The van der Waals surface area contributed by atoms with E-state index in [1.807, 2.05) is 0 Å². The highest BCUT2D eigenvalue weighted by Crippen LogP contribution is 2.17. The Kier molecular flexibility index (Phi) is 48.8. The molecule has 0 rings (SSSR count). The molecule has 0 fully saturated rings. The van der Waals surface area contributed by atoms with Crippen molar-refractivity contribution in [3.63, 3.8) is 0 Å².